The summed E-state index contributed by atoms with van der Waals surface area (Å²) in [5, 5.41) is 0. The van der Waals surface area contributed by atoms with E-state index in [1.54, 1.807) is 36.4 Å². The van der Waals surface area contributed by atoms with E-state index in [-0.39, 0.29) is 9.79 Å². The molecule has 0 aromatic heterocycles. The molecule has 0 amide bonds. The Morgan fingerprint density at radius 1 is 0.789 bits per heavy atom. The Hall–Kier alpha value is 0.310. The van der Waals surface area contributed by atoms with Crippen LogP contribution >= 0.6 is 63.7 Å². The lowest BCUT2D eigenvalue weighted by atomic mass is 10.4. The fourth-order valence-corrected chi connectivity index (χ4v) is 6.68. The predicted molar refractivity (Wildman–Crippen MR) is 89.1 cm³/mol. The van der Waals surface area contributed by atoms with Crippen LogP contribution < -0.4 is 0 Å². The van der Waals surface area contributed by atoms with Crippen molar-refractivity contribution in [2.24, 2.45) is 0 Å². The maximum Gasteiger partial charge on any atom is 0.209 e. The van der Waals surface area contributed by atoms with E-state index in [0.29, 0.717) is 17.9 Å². The highest BCUT2D eigenvalue weighted by atomic mass is 79.9. The first-order chi connectivity index (χ1) is 8.84. The van der Waals surface area contributed by atoms with Gasteiger partial charge >= 0.3 is 0 Å². The molecule has 0 saturated carbocycles. The summed E-state index contributed by atoms with van der Waals surface area (Å²) in [5.41, 5.74) is 0. The molecule has 0 unspecified atom stereocenters. The smallest absolute Gasteiger partial charge is 0.209 e. The Labute approximate surface area is 145 Å². The van der Waals surface area contributed by atoms with E-state index in [1.807, 2.05) is 0 Å². The molecule has 2 nitrogen and oxygen atoms in total. The van der Waals surface area contributed by atoms with Crippen molar-refractivity contribution in [2.45, 2.75) is 9.79 Å². The molecule has 0 bridgehead atoms. The predicted octanol–water partition coefficient (Wildman–Crippen LogP) is 5.57. The molecule has 0 atom stereocenters. The number of sulfone groups is 1. The number of halogens is 4. The molecule has 19 heavy (non-hydrogen) atoms. The van der Waals surface area contributed by atoms with Crippen LogP contribution in [0.1, 0.15) is 0 Å². The summed E-state index contributed by atoms with van der Waals surface area (Å²) in [5.74, 6) is 0. The van der Waals surface area contributed by atoms with Crippen LogP contribution in [0.25, 0.3) is 0 Å². The molecule has 2 aromatic carbocycles. The lowest BCUT2D eigenvalue weighted by Crippen LogP contribution is -2.05. The van der Waals surface area contributed by atoms with Crippen molar-refractivity contribution in [3.63, 3.8) is 0 Å². The Kier molecular flexibility index (Phi) is 4.93. The van der Waals surface area contributed by atoms with Gasteiger partial charge in [-0.25, -0.2) is 8.42 Å². The van der Waals surface area contributed by atoms with E-state index in [4.69, 9.17) is 0 Å². The van der Waals surface area contributed by atoms with Gasteiger partial charge in [0.2, 0.25) is 9.84 Å². The van der Waals surface area contributed by atoms with Crippen LogP contribution in [0, 0.1) is 0 Å². The van der Waals surface area contributed by atoms with E-state index in [2.05, 4.69) is 63.7 Å². The standard InChI is InChI=1S/C12H6Br4O2S/c13-7-4-5-8(14)11(6-7)19(17,18)12-9(15)2-1-3-10(12)16/h1-6H. The molecular weight excluding hydrogens is 528 g/mol. The highest BCUT2D eigenvalue weighted by Gasteiger charge is 2.25. The quantitative estimate of drug-likeness (QED) is 0.506. The minimum absolute atomic E-state index is 0.216. The van der Waals surface area contributed by atoms with Gasteiger partial charge in [-0.15, -0.1) is 0 Å². The first-order valence-corrected chi connectivity index (χ1v) is 9.63. The summed E-state index contributed by atoms with van der Waals surface area (Å²) in [7, 11) is -3.62. The highest BCUT2D eigenvalue weighted by Crippen LogP contribution is 2.37. The van der Waals surface area contributed by atoms with Gasteiger partial charge in [0.05, 0.1) is 4.90 Å². The van der Waals surface area contributed by atoms with Crippen LogP contribution in [0.15, 0.2) is 64.1 Å². The van der Waals surface area contributed by atoms with E-state index in [0.717, 1.165) is 0 Å². The molecule has 0 spiro atoms. The van der Waals surface area contributed by atoms with Crippen LogP contribution in [0.2, 0.25) is 0 Å². The fourth-order valence-electron chi connectivity index (χ4n) is 1.53. The fraction of sp³-hybridized carbons (Fsp3) is 0. The van der Waals surface area contributed by atoms with Crippen molar-refractivity contribution in [3.8, 4) is 0 Å². The van der Waals surface area contributed by atoms with Gasteiger partial charge in [-0.05, 0) is 78.1 Å². The first-order valence-electron chi connectivity index (χ1n) is 4.98. The summed E-state index contributed by atoms with van der Waals surface area (Å²) in [6, 6.07) is 10.2. The van der Waals surface area contributed by atoms with Gasteiger partial charge in [-0.3, -0.25) is 0 Å². The third-order valence-corrected chi connectivity index (χ3v) is 7.56. The molecular formula is C12H6Br4O2S. The zero-order valence-corrected chi connectivity index (χ0v) is 16.4. The number of rotatable bonds is 2. The SMILES string of the molecule is O=S(=O)(c1cc(Br)ccc1Br)c1c(Br)cccc1Br. The van der Waals surface area contributed by atoms with E-state index < -0.39 is 9.84 Å². The Balaban J connectivity index is 2.77. The molecule has 0 aliphatic heterocycles. The average molecular weight is 534 g/mol. The normalized spacial score (nSPS) is 11.6. The Morgan fingerprint density at radius 2 is 1.37 bits per heavy atom. The average Bonchev–Trinajstić information content (AvgIpc) is 2.31. The maximum absolute atomic E-state index is 12.7. The van der Waals surface area contributed by atoms with E-state index in [1.165, 1.54) is 0 Å². The summed E-state index contributed by atoms with van der Waals surface area (Å²) >= 11 is 13.1. The van der Waals surface area contributed by atoms with Crippen LogP contribution in [0.4, 0.5) is 0 Å². The van der Waals surface area contributed by atoms with Gasteiger partial charge in [-0.1, -0.05) is 22.0 Å². The Bertz CT molecular complexity index is 721. The van der Waals surface area contributed by atoms with Crippen molar-refractivity contribution in [2.75, 3.05) is 0 Å². The molecule has 0 heterocycles. The minimum Gasteiger partial charge on any atom is -0.218 e. The van der Waals surface area contributed by atoms with E-state index >= 15 is 0 Å². The van der Waals surface area contributed by atoms with Crippen LogP contribution in [-0.2, 0) is 9.84 Å². The highest BCUT2D eigenvalue weighted by molar-refractivity contribution is 9.11. The number of benzene rings is 2. The molecule has 0 N–H and O–H groups in total. The molecule has 100 valence electrons. The molecule has 0 radical (unpaired) electrons. The van der Waals surface area contributed by atoms with Gasteiger partial charge < -0.3 is 0 Å². The topological polar surface area (TPSA) is 34.1 Å². The summed E-state index contributed by atoms with van der Waals surface area (Å²) in [6.45, 7) is 0. The molecule has 0 fully saturated rings. The second-order valence-electron chi connectivity index (χ2n) is 3.63. The molecule has 2 rings (SSSR count). The third-order valence-electron chi connectivity index (χ3n) is 2.37. The van der Waals surface area contributed by atoms with Crippen molar-refractivity contribution < 1.29 is 8.42 Å². The second-order valence-corrected chi connectivity index (χ2v) is 8.96. The summed E-state index contributed by atoms with van der Waals surface area (Å²) < 4.78 is 27.8. The van der Waals surface area contributed by atoms with Crippen LogP contribution in [-0.4, -0.2) is 8.42 Å². The number of hydrogen-bond donors (Lipinski definition) is 0. The monoisotopic (exact) mass is 530 g/mol. The first kappa shape index (κ1) is 15.7. The molecule has 2 aromatic rings. The summed E-state index contributed by atoms with van der Waals surface area (Å²) in [4.78, 5) is 0.434. The van der Waals surface area contributed by atoms with Crippen LogP contribution in [0.5, 0.6) is 0 Å². The van der Waals surface area contributed by atoms with Gasteiger partial charge in [0.1, 0.15) is 4.90 Å². The lowest BCUT2D eigenvalue weighted by molar-refractivity contribution is 0.594. The van der Waals surface area contributed by atoms with Gasteiger partial charge in [0.25, 0.3) is 0 Å². The van der Waals surface area contributed by atoms with Crippen molar-refractivity contribution in [1.29, 1.82) is 0 Å². The second kappa shape index (κ2) is 5.97. The van der Waals surface area contributed by atoms with Crippen molar-refractivity contribution in [3.05, 3.63) is 54.3 Å². The van der Waals surface area contributed by atoms with Gasteiger partial charge in [0.15, 0.2) is 0 Å². The minimum atomic E-state index is -3.62. The van der Waals surface area contributed by atoms with Crippen molar-refractivity contribution >= 4 is 73.6 Å². The molecule has 0 saturated heterocycles. The Morgan fingerprint density at radius 3 is 1.95 bits per heavy atom. The van der Waals surface area contributed by atoms with Crippen LogP contribution in [0.3, 0.4) is 0 Å². The van der Waals surface area contributed by atoms with Gasteiger partial charge in [0, 0.05) is 17.9 Å². The lowest BCUT2D eigenvalue weighted by Gasteiger charge is -2.11. The third kappa shape index (κ3) is 3.15. The largest absolute Gasteiger partial charge is 0.218 e. The summed E-state index contributed by atoms with van der Waals surface area (Å²) in [6.07, 6.45) is 0. The van der Waals surface area contributed by atoms with Crippen molar-refractivity contribution in [1.82, 2.24) is 0 Å². The number of hydrogen-bond acceptors (Lipinski definition) is 2. The zero-order valence-electron chi connectivity index (χ0n) is 9.20. The van der Waals surface area contributed by atoms with E-state index in [9.17, 15) is 8.42 Å². The van der Waals surface area contributed by atoms with Gasteiger partial charge in [-0.2, -0.15) is 0 Å². The molecule has 0 aliphatic rings. The maximum atomic E-state index is 12.7. The molecule has 7 heteroatoms. The zero-order chi connectivity index (χ0) is 14.2. The molecule has 0 aliphatic carbocycles.